The molecular formula is C14H21N3O3S. The van der Waals surface area contributed by atoms with Crippen molar-refractivity contribution in [1.29, 1.82) is 0 Å². The summed E-state index contributed by atoms with van der Waals surface area (Å²) in [6, 6.07) is 4.72. The summed E-state index contributed by atoms with van der Waals surface area (Å²) in [5, 5.41) is 11.8. The first-order chi connectivity index (χ1) is 9.85. The average molecular weight is 311 g/mol. The second-order valence-electron chi connectivity index (χ2n) is 5.54. The van der Waals surface area contributed by atoms with Crippen molar-refractivity contribution in [3.8, 4) is 0 Å². The Kier molecular flexibility index (Phi) is 4.53. The molecule has 0 radical (unpaired) electrons. The van der Waals surface area contributed by atoms with Gasteiger partial charge in [-0.3, -0.25) is 0 Å². The van der Waals surface area contributed by atoms with Crippen molar-refractivity contribution < 1.29 is 13.6 Å². The molecule has 0 aliphatic heterocycles. The van der Waals surface area contributed by atoms with Crippen LogP contribution in [0.5, 0.6) is 0 Å². The van der Waals surface area contributed by atoms with Crippen LogP contribution in [0.25, 0.3) is 0 Å². The quantitative estimate of drug-likeness (QED) is 0.339. The van der Waals surface area contributed by atoms with Crippen LogP contribution in [0, 0.1) is 19.8 Å². The maximum atomic E-state index is 12.5. The van der Waals surface area contributed by atoms with Crippen LogP contribution in [0.2, 0.25) is 0 Å². The molecule has 6 nitrogen and oxygen atoms in total. The Morgan fingerprint density at radius 2 is 2.05 bits per heavy atom. The zero-order valence-electron chi connectivity index (χ0n) is 12.2. The van der Waals surface area contributed by atoms with Gasteiger partial charge in [-0.25, -0.2) is 13.1 Å². The fraction of sp³-hybridized carbons (Fsp3) is 0.500. The van der Waals surface area contributed by atoms with E-state index >= 15 is 0 Å². The highest BCUT2D eigenvalue weighted by molar-refractivity contribution is 7.89. The molecule has 2 unspecified atom stereocenters. The van der Waals surface area contributed by atoms with Crippen LogP contribution in [0.15, 0.2) is 28.3 Å². The van der Waals surface area contributed by atoms with Gasteiger partial charge in [0.25, 0.3) is 0 Å². The maximum absolute atomic E-state index is 12.5. The van der Waals surface area contributed by atoms with Gasteiger partial charge >= 0.3 is 0 Å². The van der Waals surface area contributed by atoms with Crippen LogP contribution in [0.4, 0.5) is 0 Å². The number of hydrogen-bond acceptors (Lipinski definition) is 4. The fourth-order valence-corrected chi connectivity index (χ4v) is 4.07. The standard InChI is InChI=1S/C14H21N3O3S/c1-9-6-7-11(8-10(9)2)21(19,20)17-13-5-3-4-12(13)14(15)16-18/h6-8,12-13,17-18H,3-5H2,1-2H3,(H2,15,16). The van der Waals surface area contributed by atoms with Gasteiger partial charge in [0, 0.05) is 12.0 Å². The third kappa shape index (κ3) is 3.36. The first kappa shape index (κ1) is 15.8. The number of nitrogens with one attached hydrogen (secondary N) is 1. The highest BCUT2D eigenvalue weighted by atomic mass is 32.2. The van der Waals surface area contributed by atoms with E-state index in [2.05, 4.69) is 9.88 Å². The van der Waals surface area contributed by atoms with Gasteiger partial charge in [-0.05, 0) is 49.9 Å². The molecule has 0 bridgehead atoms. The maximum Gasteiger partial charge on any atom is 0.240 e. The number of sulfonamides is 1. The lowest BCUT2D eigenvalue weighted by Gasteiger charge is -2.20. The molecule has 0 heterocycles. The lowest BCUT2D eigenvalue weighted by atomic mass is 10.0. The minimum Gasteiger partial charge on any atom is -0.409 e. The molecule has 1 saturated carbocycles. The van der Waals surface area contributed by atoms with Gasteiger partial charge in [0.05, 0.1) is 4.90 Å². The molecule has 4 N–H and O–H groups in total. The lowest BCUT2D eigenvalue weighted by Crippen LogP contribution is -2.42. The molecule has 0 spiro atoms. The normalized spacial score (nSPS) is 23.4. The minimum absolute atomic E-state index is 0.0836. The summed E-state index contributed by atoms with van der Waals surface area (Å²) in [5.74, 6) is -0.170. The van der Waals surface area contributed by atoms with Crippen molar-refractivity contribution in [2.45, 2.75) is 44.0 Å². The summed E-state index contributed by atoms with van der Waals surface area (Å²) >= 11 is 0. The van der Waals surface area contributed by atoms with Crippen LogP contribution < -0.4 is 10.5 Å². The number of amidine groups is 1. The topological polar surface area (TPSA) is 105 Å². The first-order valence-electron chi connectivity index (χ1n) is 6.92. The molecule has 7 heteroatoms. The first-order valence-corrected chi connectivity index (χ1v) is 8.40. The minimum atomic E-state index is -3.60. The summed E-state index contributed by atoms with van der Waals surface area (Å²) in [6.07, 6.45) is 2.25. The Bertz CT molecular complexity index is 655. The molecule has 0 saturated heterocycles. The average Bonchev–Trinajstić information content (AvgIpc) is 2.88. The molecule has 116 valence electrons. The highest BCUT2D eigenvalue weighted by Gasteiger charge is 2.34. The third-order valence-electron chi connectivity index (χ3n) is 4.11. The monoisotopic (exact) mass is 311 g/mol. The van der Waals surface area contributed by atoms with Gasteiger partial charge < -0.3 is 10.9 Å². The van der Waals surface area contributed by atoms with Gasteiger partial charge in [-0.1, -0.05) is 17.6 Å². The van der Waals surface area contributed by atoms with E-state index in [0.29, 0.717) is 6.42 Å². The van der Waals surface area contributed by atoms with E-state index < -0.39 is 10.0 Å². The molecular weight excluding hydrogens is 290 g/mol. The lowest BCUT2D eigenvalue weighted by molar-refractivity contribution is 0.312. The molecule has 1 aliphatic carbocycles. The highest BCUT2D eigenvalue weighted by Crippen LogP contribution is 2.27. The second kappa shape index (κ2) is 6.03. The zero-order chi connectivity index (χ0) is 15.6. The van der Waals surface area contributed by atoms with Gasteiger partial charge in [0.1, 0.15) is 5.84 Å². The van der Waals surface area contributed by atoms with E-state index in [1.165, 1.54) is 0 Å². The van der Waals surface area contributed by atoms with Gasteiger partial charge in [0.15, 0.2) is 0 Å². The largest absolute Gasteiger partial charge is 0.409 e. The molecule has 2 rings (SSSR count). The van der Waals surface area contributed by atoms with Crippen LogP contribution in [0.1, 0.15) is 30.4 Å². The van der Waals surface area contributed by atoms with E-state index in [1.54, 1.807) is 18.2 Å². The smallest absolute Gasteiger partial charge is 0.240 e. The molecule has 1 fully saturated rings. The Labute approximate surface area is 125 Å². The molecule has 0 aromatic heterocycles. The molecule has 2 atom stereocenters. The predicted molar refractivity (Wildman–Crippen MR) is 80.8 cm³/mol. The third-order valence-corrected chi connectivity index (χ3v) is 5.59. The van der Waals surface area contributed by atoms with E-state index in [9.17, 15) is 8.42 Å². The number of nitrogens with zero attached hydrogens (tertiary/aromatic N) is 1. The fourth-order valence-electron chi connectivity index (χ4n) is 2.68. The molecule has 1 aromatic carbocycles. The van der Waals surface area contributed by atoms with Crippen LogP contribution in [-0.2, 0) is 10.0 Å². The number of oxime groups is 1. The van der Waals surface area contributed by atoms with Crippen molar-refractivity contribution in [3.05, 3.63) is 29.3 Å². The zero-order valence-corrected chi connectivity index (χ0v) is 13.0. The predicted octanol–water partition coefficient (Wildman–Crippen LogP) is 1.50. The van der Waals surface area contributed by atoms with E-state index in [1.807, 2.05) is 13.8 Å². The number of nitrogens with two attached hydrogens (primary N) is 1. The van der Waals surface area contributed by atoms with Crippen molar-refractivity contribution in [1.82, 2.24) is 4.72 Å². The van der Waals surface area contributed by atoms with Gasteiger partial charge in [0.2, 0.25) is 10.0 Å². The van der Waals surface area contributed by atoms with E-state index in [0.717, 1.165) is 24.0 Å². The molecule has 1 aliphatic rings. The second-order valence-corrected chi connectivity index (χ2v) is 7.25. The Hall–Kier alpha value is -1.60. The van der Waals surface area contributed by atoms with E-state index in [-0.39, 0.29) is 22.7 Å². The Morgan fingerprint density at radius 3 is 2.67 bits per heavy atom. The van der Waals surface area contributed by atoms with Crippen molar-refractivity contribution in [2.24, 2.45) is 16.8 Å². The summed E-state index contributed by atoms with van der Waals surface area (Å²) < 4.78 is 27.6. The number of aryl methyl sites for hydroxylation is 2. The van der Waals surface area contributed by atoms with Crippen LogP contribution >= 0.6 is 0 Å². The van der Waals surface area contributed by atoms with E-state index in [4.69, 9.17) is 10.9 Å². The van der Waals surface area contributed by atoms with Gasteiger partial charge in [-0.2, -0.15) is 0 Å². The summed E-state index contributed by atoms with van der Waals surface area (Å²) in [7, 11) is -3.60. The summed E-state index contributed by atoms with van der Waals surface area (Å²) in [5.41, 5.74) is 7.61. The number of rotatable bonds is 4. The van der Waals surface area contributed by atoms with Crippen molar-refractivity contribution in [3.63, 3.8) is 0 Å². The number of benzene rings is 1. The molecule has 21 heavy (non-hydrogen) atoms. The van der Waals surface area contributed by atoms with Crippen LogP contribution in [-0.4, -0.2) is 25.5 Å². The van der Waals surface area contributed by atoms with Crippen LogP contribution in [0.3, 0.4) is 0 Å². The SMILES string of the molecule is Cc1ccc(S(=O)(=O)NC2CCCC2C(N)=NO)cc1C. The summed E-state index contributed by atoms with van der Waals surface area (Å²) in [6.45, 7) is 3.81. The molecule has 0 amide bonds. The number of hydrogen-bond donors (Lipinski definition) is 3. The van der Waals surface area contributed by atoms with Crippen molar-refractivity contribution >= 4 is 15.9 Å². The van der Waals surface area contributed by atoms with Gasteiger partial charge in [-0.15, -0.1) is 0 Å². The summed E-state index contributed by atoms with van der Waals surface area (Å²) in [4.78, 5) is 0.246. The Morgan fingerprint density at radius 1 is 1.33 bits per heavy atom. The van der Waals surface area contributed by atoms with Crippen molar-refractivity contribution in [2.75, 3.05) is 0 Å². The Balaban J connectivity index is 2.22. The molecule has 1 aromatic rings.